The lowest BCUT2D eigenvalue weighted by Crippen LogP contribution is -2.16. The van der Waals surface area contributed by atoms with Gasteiger partial charge in [0.2, 0.25) is 0 Å². The summed E-state index contributed by atoms with van der Waals surface area (Å²) in [6, 6.07) is 25.4. The van der Waals surface area contributed by atoms with Crippen molar-refractivity contribution >= 4 is 22.6 Å². The fourth-order valence-corrected chi connectivity index (χ4v) is 3.40. The summed E-state index contributed by atoms with van der Waals surface area (Å²) in [5.41, 5.74) is 3.66. The zero-order valence-electron chi connectivity index (χ0n) is 16.9. The van der Waals surface area contributed by atoms with Crippen LogP contribution in [-0.4, -0.2) is 19.6 Å². The van der Waals surface area contributed by atoms with Gasteiger partial charge in [-0.25, -0.2) is 0 Å². The van der Waals surface area contributed by atoms with E-state index in [4.69, 9.17) is 9.15 Å². The highest BCUT2D eigenvalue weighted by Gasteiger charge is 2.17. The number of carbonyl (C=O) groups excluding carboxylic acids is 1. The minimum absolute atomic E-state index is 0.254. The maximum Gasteiger partial charge on any atom is 0.291 e. The van der Waals surface area contributed by atoms with Crippen molar-refractivity contribution in [3.05, 3.63) is 95.7 Å². The van der Waals surface area contributed by atoms with E-state index in [2.05, 4.69) is 34.9 Å². The molecule has 0 saturated carbocycles. The molecule has 5 heteroatoms. The molecule has 0 saturated heterocycles. The van der Waals surface area contributed by atoms with Crippen LogP contribution in [0.15, 0.2) is 83.3 Å². The fourth-order valence-electron chi connectivity index (χ4n) is 3.40. The third-order valence-electron chi connectivity index (χ3n) is 4.96. The summed E-state index contributed by atoms with van der Waals surface area (Å²) in [6.45, 7) is 1.53. The molecule has 0 aliphatic rings. The van der Waals surface area contributed by atoms with Gasteiger partial charge in [0.25, 0.3) is 5.91 Å². The average molecular weight is 400 g/mol. The van der Waals surface area contributed by atoms with E-state index >= 15 is 0 Å². The normalized spacial score (nSPS) is 10.8. The Morgan fingerprint density at radius 1 is 0.967 bits per heavy atom. The van der Waals surface area contributed by atoms with Crippen molar-refractivity contribution in [3.8, 4) is 5.75 Å². The maximum absolute atomic E-state index is 12.7. The molecule has 5 nitrogen and oxygen atoms in total. The molecule has 0 fully saturated rings. The third kappa shape index (κ3) is 4.53. The molecule has 1 aromatic heterocycles. The van der Waals surface area contributed by atoms with Crippen LogP contribution >= 0.6 is 0 Å². The van der Waals surface area contributed by atoms with Crippen LogP contribution in [0, 0.1) is 0 Å². The van der Waals surface area contributed by atoms with Gasteiger partial charge in [0, 0.05) is 17.6 Å². The van der Waals surface area contributed by atoms with E-state index in [0.717, 1.165) is 29.6 Å². The molecule has 152 valence electrons. The molecule has 1 heterocycles. The smallest absolute Gasteiger partial charge is 0.291 e. The summed E-state index contributed by atoms with van der Waals surface area (Å²) in [4.78, 5) is 12.7. The van der Waals surface area contributed by atoms with Crippen LogP contribution in [0.3, 0.4) is 0 Å². The largest absolute Gasteiger partial charge is 0.493 e. The van der Waals surface area contributed by atoms with Gasteiger partial charge in [-0.2, -0.15) is 0 Å². The number of hydrogen-bond acceptors (Lipinski definition) is 4. The molecule has 0 unspecified atom stereocenters. The number of fused-ring (bicyclic) bond motifs is 1. The predicted molar refractivity (Wildman–Crippen MR) is 119 cm³/mol. The van der Waals surface area contributed by atoms with Crippen LogP contribution in [0.2, 0.25) is 0 Å². The Bertz CT molecular complexity index is 1120. The number of hydrogen-bond donors (Lipinski definition) is 2. The molecular weight excluding hydrogens is 376 g/mol. The first kappa shape index (κ1) is 19.7. The number of nitrogens with one attached hydrogen (secondary N) is 2. The van der Waals surface area contributed by atoms with E-state index in [-0.39, 0.29) is 11.7 Å². The molecular formula is C25H24N2O3. The monoisotopic (exact) mass is 400 g/mol. The number of furan rings is 1. The van der Waals surface area contributed by atoms with E-state index in [9.17, 15) is 4.79 Å². The summed E-state index contributed by atoms with van der Waals surface area (Å²) in [5.74, 6) is 0.572. The number of ether oxygens (including phenoxy) is 1. The average Bonchev–Trinajstić information content (AvgIpc) is 3.24. The molecule has 0 atom stereocenters. The summed E-state index contributed by atoms with van der Waals surface area (Å²) in [7, 11) is 1.60. The third-order valence-corrected chi connectivity index (χ3v) is 4.96. The molecule has 4 rings (SSSR count). The van der Waals surface area contributed by atoms with Gasteiger partial charge in [-0.15, -0.1) is 0 Å². The second-order valence-corrected chi connectivity index (χ2v) is 7.01. The number of amides is 1. The SMILES string of the molecule is COc1ccc(CNCCc2ccccc2)c2cc(C(=O)Nc3ccccc3)oc12. The van der Waals surface area contributed by atoms with Crippen molar-refractivity contribution in [2.45, 2.75) is 13.0 Å². The van der Waals surface area contributed by atoms with Gasteiger partial charge in [0.1, 0.15) is 0 Å². The zero-order valence-corrected chi connectivity index (χ0v) is 16.9. The first-order chi connectivity index (χ1) is 14.7. The molecule has 0 radical (unpaired) electrons. The highest BCUT2D eigenvalue weighted by molar-refractivity contribution is 6.05. The molecule has 2 N–H and O–H groups in total. The van der Waals surface area contributed by atoms with Gasteiger partial charge in [-0.1, -0.05) is 54.6 Å². The van der Waals surface area contributed by atoms with E-state index in [1.807, 2.05) is 48.5 Å². The second-order valence-electron chi connectivity index (χ2n) is 7.01. The standard InChI is InChI=1S/C25H24N2O3/c1-29-22-13-12-19(17-26-15-14-18-8-4-2-5-9-18)21-16-23(30-24(21)22)25(28)27-20-10-6-3-7-11-20/h2-13,16,26H,14-15,17H2,1H3,(H,27,28). The number of para-hydroxylation sites is 1. The van der Waals surface area contributed by atoms with Crippen molar-refractivity contribution in [2.24, 2.45) is 0 Å². The van der Waals surface area contributed by atoms with Crippen molar-refractivity contribution in [3.63, 3.8) is 0 Å². The van der Waals surface area contributed by atoms with Crippen LogP contribution in [0.1, 0.15) is 21.7 Å². The molecule has 0 aliphatic carbocycles. The number of anilines is 1. The molecule has 30 heavy (non-hydrogen) atoms. The highest BCUT2D eigenvalue weighted by atomic mass is 16.5. The summed E-state index contributed by atoms with van der Waals surface area (Å²) in [6.07, 6.45) is 0.955. The van der Waals surface area contributed by atoms with E-state index in [1.165, 1.54) is 5.56 Å². The molecule has 0 aliphatic heterocycles. The molecule has 4 aromatic rings. The molecule has 0 spiro atoms. The molecule has 1 amide bonds. The maximum atomic E-state index is 12.7. The number of carbonyl (C=O) groups is 1. The lowest BCUT2D eigenvalue weighted by molar-refractivity contribution is 0.0998. The van der Waals surface area contributed by atoms with E-state index in [0.29, 0.717) is 17.9 Å². The molecule has 0 bridgehead atoms. The predicted octanol–water partition coefficient (Wildman–Crippen LogP) is 5.03. The minimum Gasteiger partial charge on any atom is -0.493 e. The Morgan fingerprint density at radius 2 is 1.70 bits per heavy atom. The number of benzene rings is 3. The first-order valence-corrected chi connectivity index (χ1v) is 9.95. The van der Waals surface area contributed by atoms with Crippen molar-refractivity contribution in [2.75, 3.05) is 19.0 Å². The van der Waals surface area contributed by atoms with Gasteiger partial charge in [0.05, 0.1) is 7.11 Å². The Kier molecular flexibility index (Phi) is 6.11. The lowest BCUT2D eigenvalue weighted by atomic mass is 10.1. The lowest BCUT2D eigenvalue weighted by Gasteiger charge is -2.08. The van der Waals surface area contributed by atoms with Gasteiger partial charge < -0.3 is 19.8 Å². The Hall–Kier alpha value is -3.57. The van der Waals surface area contributed by atoms with Crippen LogP contribution < -0.4 is 15.4 Å². The minimum atomic E-state index is -0.289. The fraction of sp³-hybridized carbons (Fsp3) is 0.160. The number of rotatable bonds is 8. The van der Waals surface area contributed by atoms with Crippen LogP contribution in [0.5, 0.6) is 5.75 Å². The van der Waals surface area contributed by atoms with E-state index < -0.39 is 0 Å². The second kappa shape index (κ2) is 9.29. The van der Waals surface area contributed by atoms with Crippen LogP contribution in [-0.2, 0) is 13.0 Å². The van der Waals surface area contributed by atoms with Crippen molar-refractivity contribution in [1.82, 2.24) is 5.32 Å². The van der Waals surface area contributed by atoms with Crippen molar-refractivity contribution in [1.29, 1.82) is 0 Å². The Labute approximate surface area is 175 Å². The Balaban J connectivity index is 1.50. The van der Waals surface area contributed by atoms with E-state index in [1.54, 1.807) is 13.2 Å². The summed E-state index contributed by atoms with van der Waals surface area (Å²) in [5, 5.41) is 7.21. The Morgan fingerprint density at radius 3 is 2.43 bits per heavy atom. The van der Waals surface area contributed by atoms with Crippen molar-refractivity contribution < 1.29 is 13.9 Å². The van der Waals surface area contributed by atoms with Crippen LogP contribution in [0.4, 0.5) is 5.69 Å². The zero-order chi connectivity index (χ0) is 20.8. The summed E-state index contributed by atoms with van der Waals surface area (Å²) >= 11 is 0. The van der Waals surface area contributed by atoms with Gasteiger partial charge >= 0.3 is 0 Å². The van der Waals surface area contributed by atoms with Gasteiger partial charge in [-0.05, 0) is 48.4 Å². The topological polar surface area (TPSA) is 63.5 Å². The highest BCUT2D eigenvalue weighted by Crippen LogP contribution is 2.32. The quantitative estimate of drug-likeness (QED) is 0.407. The molecule has 3 aromatic carbocycles. The van der Waals surface area contributed by atoms with Crippen LogP contribution in [0.25, 0.3) is 11.0 Å². The summed E-state index contributed by atoms with van der Waals surface area (Å²) < 4.78 is 11.3. The number of methoxy groups -OCH3 is 1. The van der Waals surface area contributed by atoms with Gasteiger partial charge in [0.15, 0.2) is 17.1 Å². The van der Waals surface area contributed by atoms with Gasteiger partial charge in [-0.3, -0.25) is 4.79 Å². The first-order valence-electron chi connectivity index (χ1n) is 9.95.